The minimum absolute atomic E-state index is 0.188. The number of nitrogens with one attached hydrogen (secondary N) is 1. The number of ether oxygens (including phenoxy) is 1. The summed E-state index contributed by atoms with van der Waals surface area (Å²) in [5, 5.41) is 0.730. The maximum Gasteiger partial charge on any atom is 0.252 e. The summed E-state index contributed by atoms with van der Waals surface area (Å²) < 4.78 is 5.41. The van der Waals surface area contributed by atoms with E-state index in [1.165, 1.54) is 6.07 Å². The van der Waals surface area contributed by atoms with Crippen LogP contribution in [0.3, 0.4) is 0 Å². The third-order valence-electron chi connectivity index (χ3n) is 6.04. The van der Waals surface area contributed by atoms with Gasteiger partial charge in [-0.3, -0.25) is 9.78 Å². The molecule has 1 N–H and O–H groups in total. The number of aryl methyl sites for hydroxylation is 1. The molecule has 5 rings (SSSR count). The van der Waals surface area contributed by atoms with Gasteiger partial charge in [-0.15, -0.1) is 0 Å². The van der Waals surface area contributed by atoms with Crippen molar-refractivity contribution in [3.63, 3.8) is 0 Å². The van der Waals surface area contributed by atoms with E-state index in [1.807, 2.05) is 31.2 Å². The van der Waals surface area contributed by atoms with Gasteiger partial charge in [0.05, 0.1) is 24.6 Å². The third kappa shape index (κ3) is 4.79. The zero-order valence-electron chi connectivity index (χ0n) is 18.5. The van der Waals surface area contributed by atoms with Crippen molar-refractivity contribution in [2.24, 2.45) is 0 Å². The number of halogens is 1. The minimum Gasteiger partial charge on any atom is -0.378 e. The number of piperazine rings is 1. The van der Waals surface area contributed by atoms with Crippen molar-refractivity contribution in [1.82, 2.24) is 19.9 Å². The van der Waals surface area contributed by atoms with Crippen molar-refractivity contribution >= 4 is 29.2 Å². The van der Waals surface area contributed by atoms with Crippen LogP contribution in [0, 0.1) is 6.92 Å². The number of H-pyrrole nitrogens is 1. The number of hydrogen-bond donors (Lipinski definition) is 1. The molecule has 0 atom stereocenters. The van der Waals surface area contributed by atoms with Crippen molar-refractivity contribution < 1.29 is 4.74 Å². The molecule has 2 saturated heterocycles. The predicted molar refractivity (Wildman–Crippen MR) is 130 cm³/mol. The lowest BCUT2D eigenvalue weighted by Gasteiger charge is -2.36. The summed E-state index contributed by atoms with van der Waals surface area (Å²) in [4.78, 5) is 35.8. The highest BCUT2D eigenvalue weighted by molar-refractivity contribution is 6.30. The van der Waals surface area contributed by atoms with Crippen LogP contribution >= 0.6 is 11.6 Å². The molecule has 1 aromatic carbocycles. The fraction of sp³-hybridized carbons (Fsp3) is 0.391. The average Bonchev–Trinajstić information content (AvgIpc) is 2.85. The molecule has 0 amide bonds. The number of benzene rings is 1. The van der Waals surface area contributed by atoms with E-state index in [-0.39, 0.29) is 5.56 Å². The van der Waals surface area contributed by atoms with Gasteiger partial charge < -0.3 is 19.4 Å². The van der Waals surface area contributed by atoms with Gasteiger partial charge in [0.1, 0.15) is 0 Å². The van der Waals surface area contributed by atoms with Crippen molar-refractivity contribution in [3.05, 3.63) is 57.6 Å². The number of aromatic nitrogens is 4. The van der Waals surface area contributed by atoms with Gasteiger partial charge in [-0.25, -0.2) is 15.0 Å². The highest BCUT2D eigenvalue weighted by Gasteiger charge is 2.21. The molecule has 0 bridgehead atoms. The van der Waals surface area contributed by atoms with Gasteiger partial charge in [-0.1, -0.05) is 11.6 Å². The first-order valence-electron chi connectivity index (χ1n) is 11.1. The van der Waals surface area contributed by atoms with Crippen LogP contribution in [0.25, 0.3) is 11.3 Å². The zero-order chi connectivity index (χ0) is 22.8. The molecule has 0 unspecified atom stereocenters. The van der Waals surface area contributed by atoms with Gasteiger partial charge in [0, 0.05) is 67.8 Å². The summed E-state index contributed by atoms with van der Waals surface area (Å²) in [6.07, 6.45) is 1.76. The first kappa shape index (κ1) is 21.7. The maximum atomic E-state index is 12.5. The summed E-state index contributed by atoms with van der Waals surface area (Å²) in [5.41, 5.74) is 3.09. The van der Waals surface area contributed by atoms with Crippen molar-refractivity contribution in [2.45, 2.75) is 6.92 Å². The molecular weight excluding hydrogens is 442 g/mol. The molecule has 172 valence electrons. The second-order valence-electron chi connectivity index (χ2n) is 8.17. The number of rotatable bonds is 4. The van der Waals surface area contributed by atoms with Crippen molar-refractivity contribution in [2.75, 3.05) is 67.2 Å². The average molecular weight is 468 g/mol. The van der Waals surface area contributed by atoms with Crippen LogP contribution in [-0.2, 0) is 4.74 Å². The Morgan fingerprint density at radius 1 is 0.939 bits per heavy atom. The van der Waals surface area contributed by atoms with Gasteiger partial charge in [0.2, 0.25) is 11.9 Å². The molecule has 0 spiro atoms. The van der Waals surface area contributed by atoms with Gasteiger partial charge in [-0.2, -0.15) is 0 Å². The predicted octanol–water partition coefficient (Wildman–Crippen LogP) is 2.35. The van der Waals surface area contributed by atoms with E-state index in [1.54, 1.807) is 6.20 Å². The lowest BCUT2D eigenvalue weighted by molar-refractivity contribution is 0.122. The summed E-state index contributed by atoms with van der Waals surface area (Å²) in [5.74, 6) is 1.26. The topological polar surface area (TPSA) is 90.5 Å². The minimum atomic E-state index is -0.188. The fourth-order valence-corrected chi connectivity index (χ4v) is 4.31. The highest BCUT2D eigenvalue weighted by atomic mass is 35.5. The monoisotopic (exact) mass is 467 g/mol. The van der Waals surface area contributed by atoms with E-state index in [2.05, 4.69) is 29.7 Å². The van der Waals surface area contributed by atoms with Crippen LogP contribution in [0.15, 0.2) is 41.3 Å². The lowest BCUT2D eigenvalue weighted by atomic mass is 10.1. The normalized spacial score (nSPS) is 16.8. The Hall–Kier alpha value is -3.17. The molecule has 2 fully saturated rings. The number of anilines is 3. The van der Waals surface area contributed by atoms with Gasteiger partial charge in [-0.05, 0) is 31.2 Å². The van der Waals surface area contributed by atoms with Crippen LogP contribution in [-0.4, -0.2) is 72.4 Å². The van der Waals surface area contributed by atoms with Gasteiger partial charge >= 0.3 is 0 Å². The van der Waals surface area contributed by atoms with E-state index in [9.17, 15) is 4.79 Å². The van der Waals surface area contributed by atoms with Crippen LogP contribution in [0.4, 0.5) is 17.6 Å². The Morgan fingerprint density at radius 3 is 2.33 bits per heavy atom. The molecule has 0 aliphatic carbocycles. The second kappa shape index (κ2) is 9.36. The Bertz CT molecular complexity index is 1170. The van der Waals surface area contributed by atoms with Crippen LogP contribution in [0.2, 0.25) is 5.02 Å². The number of nitrogens with zero attached hydrogens (tertiary/aromatic N) is 6. The van der Waals surface area contributed by atoms with Gasteiger partial charge in [0.15, 0.2) is 0 Å². The summed E-state index contributed by atoms with van der Waals surface area (Å²) in [6.45, 7) is 7.97. The first-order valence-corrected chi connectivity index (χ1v) is 11.5. The molecule has 0 radical (unpaired) electrons. The first-order chi connectivity index (χ1) is 16.1. The fourth-order valence-electron chi connectivity index (χ4n) is 4.18. The molecule has 4 heterocycles. The number of aromatic amines is 1. The SMILES string of the molecule is Cc1nc(N2CCOCC2)ncc1-c1cc(=O)[nH]c(N2CCN(c3ccc(Cl)cc3)CC2)n1. The third-order valence-corrected chi connectivity index (χ3v) is 6.29. The Morgan fingerprint density at radius 2 is 1.64 bits per heavy atom. The molecule has 2 aromatic heterocycles. The van der Waals surface area contributed by atoms with Crippen molar-refractivity contribution in [1.29, 1.82) is 0 Å². The molecule has 2 aliphatic rings. The maximum absolute atomic E-state index is 12.5. The van der Waals surface area contributed by atoms with E-state index in [4.69, 9.17) is 21.3 Å². The lowest BCUT2D eigenvalue weighted by Crippen LogP contribution is -2.47. The molecule has 9 nitrogen and oxygen atoms in total. The Labute approximate surface area is 197 Å². The second-order valence-corrected chi connectivity index (χ2v) is 8.61. The number of morpholine rings is 1. The van der Waals surface area contributed by atoms with E-state index in [0.29, 0.717) is 30.8 Å². The van der Waals surface area contributed by atoms with Crippen LogP contribution in [0.5, 0.6) is 0 Å². The Kier molecular flexibility index (Phi) is 6.15. The molecule has 10 heteroatoms. The molecule has 2 aliphatic heterocycles. The summed E-state index contributed by atoms with van der Waals surface area (Å²) in [7, 11) is 0. The zero-order valence-corrected chi connectivity index (χ0v) is 19.3. The van der Waals surface area contributed by atoms with Gasteiger partial charge in [0.25, 0.3) is 5.56 Å². The van der Waals surface area contributed by atoms with Crippen LogP contribution in [0.1, 0.15) is 5.69 Å². The van der Waals surface area contributed by atoms with E-state index < -0.39 is 0 Å². The Balaban J connectivity index is 1.33. The molecule has 33 heavy (non-hydrogen) atoms. The largest absolute Gasteiger partial charge is 0.378 e. The molecule has 3 aromatic rings. The summed E-state index contributed by atoms with van der Waals surface area (Å²) >= 11 is 6.01. The number of hydrogen-bond acceptors (Lipinski definition) is 8. The molecule has 0 saturated carbocycles. The summed E-state index contributed by atoms with van der Waals surface area (Å²) in [6, 6.07) is 9.37. The standard InChI is InChI=1S/C23H26ClN7O2/c1-16-19(15-25-22(26-16)31-10-12-33-13-11-31)20-14-21(32)28-23(27-20)30-8-6-29(7-9-30)18-4-2-17(24)3-5-18/h2-5,14-15H,6-13H2,1H3,(H,27,28,32). The smallest absolute Gasteiger partial charge is 0.252 e. The van der Waals surface area contributed by atoms with E-state index in [0.717, 1.165) is 61.2 Å². The van der Waals surface area contributed by atoms with Crippen molar-refractivity contribution in [3.8, 4) is 11.3 Å². The highest BCUT2D eigenvalue weighted by Crippen LogP contribution is 2.24. The van der Waals surface area contributed by atoms with E-state index >= 15 is 0 Å². The van der Waals surface area contributed by atoms with Crippen LogP contribution < -0.4 is 20.3 Å². The quantitative estimate of drug-likeness (QED) is 0.625. The molecular formula is C23H26ClN7O2.